The van der Waals surface area contributed by atoms with Crippen molar-refractivity contribution in [3.05, 3.63) is 52.2 Å². The van der Waals surface area contributed by atoms with Crippen molar-refractivity contribution in [1.82, 2.24) is 4.98 Å². The third-order valence-electron chi connectivity index (χ3n) is 3.11. The third-order valence-corrected chi connectivity index (χ3v) is 3.75. The maximum Gasteiger partial charge on any atom is 0.315 e. The molecule has 0 aliphatic rings. The second-order valence-corrected chi connectivity index (χ2v) is 4.95. The van der Waals surface area contributed by atoms with E-state index in [9.17, 15) is 14.3 Å². The van der Waals surface area contributed by atoms with Crippen molar-refractivity contribution in [2.45, 2.75) is 11.8 Å². The van der Waals surface area contributed by atoms with Gasteiger partial charge in [0, 0.05) is 23.9 Å². The number of nitrogens with two attached hydrogens (primary N) is 1. The first-order valence-corrected chi connectivity index (χ1v) is 6.60. The Morgan fingerprint density at radius 1 is 1.47 bits per heavy atom. The van der Waals surface area contributed by atoms with Crippen molar-refractivity contribution in [1.29, 1.82) is 0 Å². The van der Waals surface area contributed by atoms with Crippen LogP contribution in [-0.2, 0) is 16.6 Å². The molecule has 0 radical (unpaired) electrons. The van der Waals surface area contributed by atoms with Gasteiger partial charge in [-0.15, -0.1) is 11.3 Å². The Morgan fingerprint density at radius 2 is 2.21 bits per heavy atom. The van der Waals surface area contributed by atoms with Gasteiger partial charge >= 0.3 is 5.97 Å². The van der Waals surface area contributed by atoms with Crippen molar-refractivity contribution in [2.24, 2.45) is 5.73 Å². The van der Waals surface area contributed by atoms with Crippen molar-refractivity contribution in [2.75, 3.05) is 6.54 Å². The van der Waals surface area contributed by atoms with Crippen LogP contribution in [-0.4, -0.2) is 22.6 Å². The summed E-state index contributed by atoms with van der Waals surface area (Å²) in [5.41, 5.74) is 6.47. The third kappa shape index (κ3) is 2.50. The molecule has 0 bridgehead atoms. The van der Waals surface area contributed by atoms with E-state index in [0.29, 0.717) is 5.69 Å². The van der Waals surface area contributed by atoms with Crippen LogP contribution >= 0.6 is 11.3 Å². The van der Waals surface area contributed by atoms with Gasteiger partial charge in [0.1, 0.15) is 11.2 Å². The molecule has 0 spiro atoms. The van der Waals surface area contributed by atoms with E-state index in [4.69, 9.17) is 5.73 Å². The molecule has 19 heavy (non-hydrogen) atoms. The van der Waals surface area contributed by atoms with Crippen LogP contribution < -0.4 is 5.73 Å². The van der Waals surface area contributed by atoms with Crippen LogP contribution in [0.2, 0.25) is 0 Å². The fraction of sp³-hybridized carbons (Fsp3) is 0.231. The Balaban J connectivity index is 2.51. The highest BCUT2D eigenvalue weighted by atomic mass is 32.1. The van der Waals surface area contributed by atoms with E-state index < -0.39 is 17.2 Å². The topological polar surface area (TPSA) is 76.2 Å². The van der Waals surface area contributed by atoms with Gasteiger partial charge in [0.2, 0.25) is 0 Å². The minimum atomic E-state index is -1.49. The van der Waals surface area contributed by atoms with E-state index in [1.54, 1.807) is 17.0 Å². The van der Waals surface area contributed by atoms with Gasteiger partial charge in [-0.2, -0.15) is 0 Å². The highest BCUT2D eigenvalue weighted by molar-refractivity contribution is 7.07. The Labute approximate surface area is 113 Å². The second-order valence-electron chi connectivity index (χ2n) is 4.23. The lowest BCUT2D eigenvalue weighted by Gasteiger charge is -2.28. The van der Waals surface area contributed by atoms with E-state index in [2.05, 4.69) is 4.98 Å². The normalized spacial score (nSPS) is 14.0. The molecule has 1 aromatic carbocycles. The summed E-state index contributed by atoms with van der Waals surface area (Å²) in [7, 11) is 0. The molecule has 0 saturated carbocycles. The number of halogens is 1. The predicted octanol–water partition coefficient (Wildman–Crippen LogP) is 1.81. The van der Waals surface area contributed by atoms with Crippen molar-refractivity contribution >= 4 is 17.3 Å². The molecule has 4 nitrogen and oxygen atoms in total. The van der Waals surface area contributed by atoms with Crippen LogP contribution in [0.4, 0.5) is 4.39 Å². The van der Waals surface area contributed by atoms with Gasteiger partial charge in [-0.25, -0.2) is 9.37 Å². The molecule has 0 saturated heterocycles. The van der Waals surface area contributed by atoms with Gasteiger partial charge < -0.3 is 10.8 Å². The average molecular weight is 280 g/mol. The molecule has 2 rings (SSSR count). The van der Waals surface area contributed by atoms with Gasteiger partial charge in [-0.3, -0.25) is 4.79 Å². The van der Waals surface area contributed by atoms with Gasteiger partial charge in [-0.05, 0) is 6.07 Å². The molecular formula is C13H13FN2O2S. The molecular weight excluding hydrogens is 267 g/mol. The van der Waals surface area contributed by atoms with Crippen LogP contribution in [0, 0.1) is 5.82 Å². The van der Waals surface area contributed by atoms with E-state index >= 15 is 0 Å². The van der Waals surface area contributed by atoms with Crippen LogP contribution in [0.25, 0.3) is 0 Å². The van der Waals surface area contributed by atoms with Crippen LogP contribution in [0.15, 0.2) is 35.2 Å². The first-order valence-electron chi connectivity index (χ1n) is 5.65. The Hall–Kier alpha value is -1.79. The number of benzene rings is 1. The zero-order valence-electron chi connectivity index (χ0n) is 10.0. The standard InChI is InChI=1S/C13H13FN2O2S/c14-11-4-2-1-3-10(11)13(7-15,12(17)18)5-9-6-19-8-16-9/h1-4,6,8H,5,7,15H2,(H,17,18). The molecule has 0 amide bonds. The number of hydrogen-bond donors (Lipinski definition) is 2. The molecule has 1 unspecified atom stereocenters. The molecule has 1 heterocycles. The number of hydrogen-bond acceptors (Lipinski definition) is 4. The summed E-state index contributed by atoms with van der Waals surface area (Å²) in [5, 5.41) is 11.3. The van der Waals surface area contributed by atoms with E-state index in [1.165, 1.54) is 29.5 Å². The van der Waals surface area contributed by atoms with Gasteiger partial charge in [0.05, 0.1) is 11.2 Å². The Bertz CT molecular complexity index is 574. The first-order chi connectivity index (χ1) is 9.10. The highest BCUT2D eigenvalue weighted by Gasteiger charge is 2.41. The van der Waals surface area contributed by atoms with Crippen molar-refractivity contribution < 1.29 is 14.3 Å². The maximum atomic E-state index is 13.9. The highest BCUT2D eigenvalue weighted by Crippen LogP contribution is 2.30. The number of carbonyl (C=O) groups is 1. The summed E-state index contributed by atoms with van der Waals surface area (Å²) in [6.45, 7) is -0.194. The number of nitrogens with zero attached hydrogens (tertiary/aromatic N) is 1. The number of aromatic nitrogens is 1. The van der Waals surface area contributed by atoms with Crippen molar-refractivity contribution in [3.63, 3.8) is 0 Å². The van der Waals surface area contributed by atoms with Crippen LogP contribution in [0.1, 0.15) is 11.3 Å². The maximum absolute atomic E-state index is 13.9. The largest absolute Gasteiger partial charge is 0.481 e. The number of carboxylic acid groups (broad SMARTS) is 1. The van der Waals surface area contributed by atoms with Gasteiger partial charge in [0.15, 0.2) is 0 Å². The molecule has 0 aliphatic heterocycles. The zero-order chi connectivity index (χ0) is 13.9. The number of rotatable bonds is 5. The number of aliphatic carboxylic acids is 1. The summed E-state index contributed by atoms with van der Waals surface area (Å²) in [6, 6.07) is 5.82. The number of carboxylic acids is 1. The molecule has 0 fully saturated rings. The van der Waals surface area contributed by atoms with Crippen molar-refractivity contribution in [3.8, 4) is 0 Å². The van der Waals surface area contributed by atoms with Crippen LogP contribution in [0.5, 0.6) is 0 Å². The molecule has 2 aromatic rings. The minimum absolute atomic E-state index is 0.0727. The fourth-order valence-electron chi connectivity index (χ4n) is 2.04. The summed E-state index contributed by atoms with van der Waals surface area (Å²) in [4.78, 5) is 15.7. The molecule has 3 N–H and O–H groups in total. The fourth-order valence-corrected chi connectivity index (χ4v) is 2.60. The van der Waals surface area contributed by atoms with E-state index in [-0.39, 0.29) is 18.5 Å². The van der Waals surface area contributed by atoms with Gasteiger partial charge in [-0.1, -0.05) is 18.2 Å². The molecule has 6 heteroatoms. The monoisotopic (exact) mass is 280 g/mol. The molecule has 100 valence electrons. The molecule has 1 atom stereocenters. The van der Waals surface area contributed by atoms with E-state index in [1.807, 2.05) is 0 Å². The summed E-state index contributed by atoms with van der Waals surface area (Å²) < 4.78 is 13.9. The van der Waals surface area contributed by atoms with Crippen LogP contribution in [0.3, 0.4) is 0 Å². The lowest BCUT2D eigenvalue weighted by atomic mass is 9.76. The van der Waals surface area contributed by atoms with E-state index in [0.717, 1.165) is 0 Å². The Morgan fingerprint density at radius 3 is 2.74 bits per heavy atom. The Kier molecular flexibility index (Phi) is 3.92. The van der Waals surface area contributed by atoms with Gasteiger partial charge in [0.25, 0.3) is 0 Å². The summed E-state index contributed by atoms with van der Waals surface area (Å²) in [6.07, 6.45) is 0.0727. The lowest BCUT2D eigenvalue weighted by Crippen LogP contribution is -2.45. The first kappa shape index (κ1) is 13.6. The number of thiazole rings is 1. The lowest BCUT2D eigenvalue weighted by molar-refractivity contribution is -0.143. The predicted molar refractivity (Wildman–Crippen MR) is 70.6 cm³/mol. The second kappa shape index (κ2) is 5.46. The quantitative estimate of drug-likeness (QED) is 0.875. The molecule has 0 aliphatic carbocycles. The minimum Gasteiger partial charge on any atom is -0.481 e. The SMILES string of the molecule is NCC(Cc1cscn1)(C(=O)O)c1ccccc1F. The summed E-state index contributed by atoms with van der Waals surface area (Å²) in [5.74, 6) is -1.71. The average Bonchev–Trinajstić information content (AvgIpc) is 2.89. The zero-order valence-corrected chi connectivity index (χ0v) is 10.9. The smallest absolute Gasteiger partial charge is 0.315 e. The molecule has 1 aromatic heterocycles. The summed E-state index contributed by atoms with van der Waals surface area (Å²) >= 11 is 1.36.